The van der Waals surface area contributed by atoms with Crippen LogP contribution in [0.3, 0.4) is 0 Å². The first-order chi connectivity index (χ1) is 13.1. The van der Waals surface area contributed by atoms with Gasteiger partial charge in [0.2, 0.25) is 6.23 Å². The van der Waals surface area contributed by atoms with E-state index >= 15 is 0 Å². The van der Waals surface area contributed by atoms with Gasteiger partial charge in [0, 0.05) is 28.4 Å². The zero-order valence-corrected chi connectivity index (χ0v) is 16.4. The van der Waals surface area contributed by atoms with Crippen molar-refractivity contribution in [2.45, 2.75) is 20.1 Å². The average Bonchev–Trinajstić information content (AvgIpc) is 2.83. The smallest absolute Gasteiger partial charge is 0.204 e. The fraction of sp³-hybridized carbons (Fsp3) is 0.333. The minimum absolute atomic E-state index is 0.455. The Labute approximate surface area is 165 Å². The van der Waals surface area contributed by atoms with Gasteiger partial charge in [-0.05, 0) is 31.3 Å². The number of aliphatic imine (C=N–C) groups is 2. The van der Waals surface area contributed by atoms with Crippen molar-refractivity contribution in [3.8, 4) is 0 Å². The summed E-state index contributed by atoms with van der Waals surface area (Å²) in [6.45, 7) is 7.66. The van der Waals surface area contributed by atoms with Gasteiger partial charge in [-0.25, -0.2) is 4.99 Å². The lowest BCUT2D eigenvalue weighted by atomic mass is 10.0. The summed E-state index contributed by atoms with van der Waals surface area (Å²) in [4.78, 5) is 11.4. The molecule has 0 radical (unpaired) electrons. The maximum Gasteiger partial charge on any atom is 0.204 e. The molecule has 1 heterocycles. The van der Waals surface area contributed by atoms with Crippen molar-refractivity contribution < 1.29 is 5.11 Å². The van der Waals surface area contributed by atoms with Crippen molar-refractivity contribution in [2.75, 3.05) is 31.5 Å². The Balaban J connectivity index is 1.96. The maximum absolute atomic E-state index is 10.7. The minimum atomic E-state index is -1.05. The molecule has 0 fully saturated rings. The van der Waals surface area contributed by atoms with Crippen LogP contribution >= 0.6 is 11.6 Å². The number of nitrogens with one attached hydrogen (secondary N) is 1. The summed E-state index contributed by atoms with van der Waals surface area (Å²) in [6.07, 6.45) is -1.05. The number of fused-ring (bicyclic) bond motifs is 1. The molecule has 1 aliphatic rings. The predicted molar refractivity (Wildman–Crippen MR) is 113 cm³/mol. The summed E-state index contributed by atoms with van der Waals surface area (Å²) < 4.78 is 0. The van der Waals surface area contributed by atoms with Gasteiger partial charge in [0.15, 0.2) is 5.84 Å². The van der Waals surface area contributed by atoms with E-state index in [1.165, 1.54) is 0 Å². The molecule has 6 heteroatoms. The molecular formula is C21H25ClN4O. The second kappa shape index (κ2) is 9.13. The fourth-order valence-electron chi connectivity index (χ4n) is 3.08. The summed E-state index contributed by atoms with van der Waals surface area (Å²) in [6, 6.07) is 15.4. The number of hydrogen-bond acceptors (Lipinski definition) is 4. The minimum Gasteiger partial charge on any atom is -0.366 e. The Hall–Kier alpha value is -2.21. The molecule has 2 aromatic rings. The number of anilines is 1. The van der Waals surface area contributed by atoms with Gasteiger partial charge in [0.25, 0.3) is 0 Å². The lowest BCUT2D eigenvalue weighted by Gasteiger charge is -2.17. The first-order valence-corrected chi connectivity index (χ1v) is 9.65. The molecule has 0 saturated carbocycles. The summed E-state index contributed by atoms with van der Waals surface area (Å²) >= 11 is 6.22. The molecular weight excluding hydrogens is 360 g/mol. The number of halogens is 1. The van der Waals surface area contributed by atoms with Crippen LogP contribution in [0.4, 0.5) is 5.69 Å². The first-order valence-electron chi connectivity index (χ1n) is 9.27. The van der Waals surface area contributed by atoms with Gasteiger partial charge in [-0.15, -0.1) is 0 Å². The second-order valence-corrected chi connectivity index (χ2v) is 6.76. The standard InChI is InChI=1S/C21H25ClN4O/c1-3-26(4-2)13-12-23-20-21(27)25-19(15-8-6-5-7-9-15)17-14-16(22)10-11-18(17)24-20/h5-11,14,21,27H,3-4,12-13H2,1-2H3,(H,23,24). The molecule has 0 amide bonds. The molecule has 0 aromatic heterocycles. The number of nitrogens with zero attached hydrogens (tertiary/aromatic N) is 3. The van der Waals surface area contributed by atoms with E-state index in [1.807, 2.05) is 48.5 Å². The van der Waals surface area contributed by atoms with E-state index in [0.717, 1.165) is 36.4 Å². The molecule has 142 valence electrons. The Morgan fingerprint density at radius 2 is 1.89 bits per heavy atom. The van der Waals surface area contributed by atoms with Crippen molar-refractivity contribution in [3.63, 3.8) is 0 Å². The van der Waals surface area contributed by atoms with E-state index in [4.69, 9.17) is 11.6 Å². The number of benzodiazepines with no additional fused rings is 1. The molecule has 3 rings (SSSR count). The van der Waals surface area contributed by atoms with Crippen molar-refractivity contribution in [2.24, 2.45) is 9.98 Å². The highest BCUT2D eigenvalue weighted by Gasteiger charge is 2.23. The van der Waals surface area contributed by atoms with Crippen molar-refractivity contribution in [1.29, 1.82) is 0 Å². The molecule has 0 spiro atoms. The molecule has 0 bridgehead atoms. The predicted octanol–water partition coefficient (Wildman–Crippen LogP) is 3.66. The van der Waals surface area contributed by atoms with Crippen molar-refractivity contribution >= 4 is 28.8 Å². The quantitative estimate of drug-likeness (QED) is 0.799. The zero-order valence-electron chi connectivity index (χ0n) is 15.7. The van der Waals surface area contributed by atoms with Gasteiger partial charge in [-0.2, -0.15) is 0 Å². The number of rotatable bonds is 6. The second-order valence-electron chi connectivity index (χ2n) is 6.33. The van der Waals surface area contributed by atoms with Gasteiger partial charge in [-0.3, -0.25) is 4.99 Å². The Morgan fingerprint density at radius 1 is 1.15 bits per heavy atom. The molecule has 1 unspecified atom stereocenters. The Kier molecular flexibility index (Phi) is 6.61. The topological polar surface area (TPSA) is 60.2 Å². The third-order valence-corrected chi connectivity index (χ3v) is 4.87. The van der Waals surface area contributed by atoms with E-state index in [0.29, 0.717) is 23.1 Å². The lowest BCUT2D eigenvalue weighted by molar-refractivity contribution is 0.251. The van der Waals surface area contributed by atoms with Gasteiger partial charge in [-0.1, -0.05) is 55.8 Å². The molecule has 27 heavy (non-hydrogen) atoms. The van der Waals surface area contributed by atoms with Gasteiger partial charge < -0.3 is 15.3 Å². The summed E-state index contributed by atoms with van der Waals surface area (Å²) in [5, 5.41) is 14.5. The number of aliphatic hydroxyl groups is 1. The van der Waals surface area contributed by atoms with Crippen LogP contribution in [0, 0.1) is 0 Å². The Bertz CT molecular complexity index is 831. The van der Waals surface area contributed by atoms with Gasteiger partial charge >= 0.3 is 0 Å². The van der Waals surface area contributed by atoms with Crippen molar-refractivity contribution in [3.05, 3.63) is 64.7 Å². The van der Waals surface area contributed by atoms with Crippen LogP contribution in [0.15, 0.2) is 58.5 Å². The highest BCUT2D eigenvalue weighted by atomic mass is 35.5. The highest BCUT2D eigenvalue weighted by molar-refractivity contribution is 6.32. The molecule has 0 aliphatic carbocycles. The van der Waals surface area contributed by atoms with Crippen LogP contribution in [-0.2, 0) is 0 Å². The first kappa shape index (κ1) is 19.5. The third-order valence-electron chi connectivity index (χ3n) is 4.64. The SMILES string of the molecule is CCN(CC)CCN=C1Nc2ccc(Cl)cc2C(c2ccccc2)=NC1O. The molecule has 2 aromatic carbocycles. The summed E-state index contributed by atoms with van der Waals surface area (Å²) in [5.41, 5.74) is 3.30. The lowest BCUT2D eigenvalue weighted by Crippen LogP contribution is -2.29. The van der Waals surface area contributed by atoms with E-state index in [1.54, 1.807) is 0 Å². The van der Waals surface area contributed by atoms with E-state index in [9.17, 15) is 5.11 Å². The molecule has 1 aliphatic heterocycles. The average molecular weight is 385 g/mol. The van der Waals surface area contributed by atoms with Crippen LogP contribution < -0.4 is 5.32 Å². The summed E-state index contributed by atoms with van der Waals surface area (Å²) in [5.74, 6) is 0.455. The van der Waals surface area contributed by atoms with Crippen LogP contribution in [0.1, 0.15) is 25.0 Å². The molecule has 5 nitrogen and oxygen atoms in total. The van der Waals surface area contributed by atoms with Crippen molar-refractivity contribution in [1.82, 2.24) is 4.90 Å². The maximum atomic E-state index is 10.7. The zero-order chi connectivity index (χ0) is 19.2. The van der Waals surface area contributed by atoms with E-state index < -0.39 is 6.23 Å². The normalized spacial score (nSPS) is 18.0. The number of amidine groups is 1. The van der Waals surface area contributed by atoms with Crippen LogP contribution in [0.5, 0.6) is 0 Å². The highest BCUT2D eigenvalue weighted by Crippen LogP contribution is 2.27. The Morgan fingerprint density at radius 3 is 2.59 bits per heavy atom. The molecule has 0 saturated heterocycles. The van der Waals surface area contributed by atoms with E-state index in [-0.39, 0.29) is 0 Å². The number of likely N-dealkylation sites (N-methyl/N-ethyl adjacent to an activating group) is 1. The van der Waals surface area contributed by atoms with Crippen LogP contribution in [0.25, 0.3) is 0 Å². The van der Waals surface area contributed by atoms with Crippen LogP contribution in [0.2, 0.25) is 5.02 Å². The molecule has 1 atom stereocenters. The number of hydrogen-bond donors (Lipinski definition) is 2. The van der Waals surface area contributed by atoms with Gasteiger partial charge in [0.1, 0.15) is 0 Å². The number of benzene rings is 2. The largest absolute Gasteiger partial charge is 0.366 e. The van der Waals surface area contributed by atoms with Gasteiger partial charge in [0.05, 0.1) is 12.3 Å². The third kappa shape index (κ3) is 4.75. The summed E-state index contributed by atoms with van der Waals surface area (Å²) in [7, 11) is 0. The monoisotopic (exact) mass is 384 g/mol. The fourth-order valence-corrected chi connectivity index (χ4v) is 3.25. The van der Waals surface area contributed by atoms with E-state index in [2.05, 4.69) is 34.0 Å². The number of aliphatic hydroxyl groups excluding tert-OH is 1. The molecule has 2 N–H and O–H groups in total. The van der Waals surface area contributed by atoms with Crippen LogP contribution in [-0.4, -0.2) is 54.0 Å².